The number of hydrogen-bond acceptors (Lipinski definition) is 5. The molecule has 1 saturated heterocycles. The maximum absolute atomic E-state index is 11.3. The van der Waals surface area contributed by atoms with Crippen molar-refractivity contribution < 1.29 is 8.42 Å². The SMILES string of the molecule is O=S1(=O)CCC(NCc2nc3ccncc3[nH]2)C1. The number of fused-ring (bicyclic) bond motifs is 1. The molecule has 7 heteroatoms. The molecule has 6 nitrogen and oxygen atoms in total. The zero-order valence-electron chi connectivity index (χ0n) is 9.76. The number of H-pyrrole nitrogens is 1. The number of rotatable bonds is 3. The molecule has 18 heavy (non-hydrogen) atoms. The van der Waals surface area contributed by atoms with Crippen LogP contribution in [0.25, 0.3) is 11.0 Å². The van der Waals surface area contributed by atoms with Crippen LogP contribution >= 0.6 is 0 Å². The van der Waals surface area contributed by atoms with E-state index in [4.69, 9.17) is 0 Å². The molecule has 0 bridgehead atoms. The first kappa shape index (κ1) is 11.6. The van der Waals surface area contributed by atoms with Crippen molar-refractivity contribution in [3.63, 3.8) is 0 Å². The fourth-order valence-electron chi connectivity index (χ4n) is 2.19. The third-order valence-electron chi connectivity index (χ3n) is 3.12. The molecule has 3 rings (SSSR count). The monoisotopic (exact) mass is 266 g/mol. The normalized spacial score (nSPS) is 22.6. The van der Waals surface area contributed by atoms with Crippen LogP contribution in [-0.2, 0) is 16.4 Å². The van der Waals surface area contributed by atoms with E-state index in [9.17, 15) is 8.42 Å². The van der Waals surface area contributed by atoms with E-state index in [0.717, 1.165) is 16.9 Å². The fraction of sp³-hybridized carbons (Fsp3) is 0.455. The molecule has 96 valence electrons. The lowest BCUT2D eigenvalue weighted by Gasteiger charge is -2.08. The van der Waals surface area contributed by atoms with Crippen molar-refractivity contribution >= 4 is 20.9 Å². The number of sulfone groups is 1. The topological polar surface area (TPSA) is 87.7 Å². The van der Waals surface area contributed by atoms with E-state index in [0.29, 0.717) is 13.0 Å². The Morgan fingerprint density at radius 3 is 3.11 bits per heavy atom. The molecular formula is C11H14N4O2S. The Kier molecular flexibility index (Phi) is 2.79. The second kappa shape index (κ2) is 4.33. The third kappa shape index (κ3) is 2.37. The number of hydrogen-bond donors (Lipinski definition) is 2. The van der Waals surface area contributed by atoms with Gasteiger partial charge in [0.05, 0.1) is 35.3 Å². The highest BCUT2D eigenvalue weighted by molar-refractivity contribution is 7.91. The molecule has 1 atom stereocenters. The molecule has 3 heterocycles. The Labute approximate surface area is 105 Å². The van der Waals surface area contributed by atoms with Gasteiger partial charge in [0.2, 0.25) is 0 Å². The van der Waals surface area contributed by atoms with Gasteiger partial charge in [0, 0.05) is 12.2 Å². The number of aromatic amines is 1. The predicted octanol–water partition coefficient (Wildman–Crippen LogP) is 0.235. The standard InChI is InChI=1S/C11H14N4O2S/c16-18(17)4-2-8(7-18)13-6-11-14-9-1-3-12-5-10(9)15-11/h1,3,5,8,13H,2,4,6-7H2,(H,14,15). The third-order valence-corrected chi connectivity index (χ3v) is 4.89. The van der Waals surface area contributed by atoms with Gasteiger partial charge in [-0.15, -0.1) is 0 Å². The first-order valence-corrected chi connectivity index (χ1v) is 7.67. The second-order valence-electron chi connectivity index (χ2n) is 4.56. The van der Waals surface area contributed by atoms with E-state index in [1.807, 2.05) is 6.07 Å². The van der Waals surface area contributed by atoms with Crippen LogP contribution in [0.15, 0.2) is 18.5 Å². The summed E-state index contributed by atoms with van der Waals surface area (Å²) in [6.07, 6.45) is 4.11. The highest BCUT2D eigenvalue weighted by atomic mass is 32.2. The minimum atomic E-state index is -2.83. The molecule has 0 aromatic carbocycles. The highest BCUT2D eigenvalue weighted by Gasteiger charge is 2.27. The van der Waals surface area contributed by atoms with Crippen molar-refractivity contribution in [1.82, 2.24) is 20.3 Å². The summed E-state index contributed by atoms with van der Waals surface area (Å²) in [5.41, 5.74) is 1.77. The predicted molar refractivity (Wildman–Crippen MR) is 67.8 cm³/mol. The fourth-order valence-corrected chi connectivity index (χ4v) is 3.90. The number of aromatic nitrogens is 3. The molecular weight excluding hydrogens is 252 g/mol. The van der Waals surface area contributed by atoms with Gasteiger partial charge >= 0.3 is 0 Å². The van der Waals surface area contributed by atoms with Gasteiger partial charge in [-0.05, 0) is 12.5 Å². The zero-order chi connectivity index (χ0) is 12.6. The van der Waals surface area contributed by atoms with Crippen molar-refractivity contribution in [3.8, 4) is 0 Å². The minimum Gasteiger partial charge on any atom is -0.340 e. The first-order valence-electron chi connectivity index (χ1n) is 5.85. The molecule has 0 spiro atoms. The lowest BCUT2D eigenvalue weighted by Crippen LogP contribution is -2.29. The average molecular weight is 266 g/mol. The molecule has 1 aliphatic rings. The van der Waals surface area contributed by atoms with Crippen molar-refractivity contribution in [2.24, 2.45) is 0 Å². The van der Waals surface area contributed by atoms with Crippen molar-refractivity contribution in [2.75, 3.05) is 11.5 Å². The van der Waals surface area contributed by atoms with Crippen LogP contribution in [0.3, 0.4) is 0 Å². The van der Waals surface area contributed by atoms with E-state index in [1.54, 1.807) is 12.4 Å². The lowest BCUT2D eigenvalue weighted by molar-refractivity contribution is 0.544. The number of nitrogens with zero attached hydrogens (tertiary/aromatic N) is 2. The minimum absolute atomic E-state index is 0.0429. The molecule has 0 aliphatic carbocycles. The summed E-state index contributed by atoms with van der Waals surface area (Å²) in [5.74, 6) is 1.33. The van der Waals surface area contributed by atoms with Gasteiger partial charge in [0.1, 0.15) is 5.82 Å². The largest absolute Gasteiger partial charge is 0.340 e. The first-order chi connectivity index (χ1) is 8.62. The van der Waals surface area contributed by atoms with E-state index < -0.39 is 9.84 Å². The quantitative estimate of drug-likeness (QED) is 0.830. The van der Waals surface area contributed by atoms with E-state index in [-0.39, 0.29) is 17.5 Å². The van der Waals surface area contributed by atoms with Crippen molar-refractivity contribution in [1.29, 1.82) is 0 Å². The summed E-state index contributed by atoms with van der Waals surface area (Å²) in [4.78, 5) is 11.6. The summed E-state index contributed by atoms with van der Waals surface area (Å²) in [6.45, 7) is 0.550. The Bertz CT molecular complexity index is 631. The average Bonchev–Trinajstić information content (AvgIpc) is 2.89. The van der Waals surface area contributed by atoms with Crippen LogP contribution in [-0.4, -0.2) is 40.9 Å². The summed E-state index contributed by atoms with van der Waals surface area (Å²) in [6, 6.07) is 1.89. The summed E-state index contributed by atoms with van der Waals surface area (Å²) in [5, 5.41) is 3.22. The van der Waals surface area contributed by atoms with Crippen LogP contribution in [0, 0.1) is 0 Å². The summed E-state index contributed by atoms with van der Waals surface area (Å²) < 4.78 is 22.6. The Morgan fingerprint density at radius 2 is 2.39 bits per heavy atom. The molecule has 1 fully saturated rings. The lowest BCUT2D eigenvalue weighted by atomic mass is 10.2. The van der Waals surface area contributed by atoms with E-state index in [2.05, 4.69) is 20.3 Å². The van der Waals surface area contributed by atoms with Gasteiger partial charge in [-0.25, -0.2) is 13.4 Å². The van der Waals surface area contributed by atoms with Gasteiger partial charge in [-0.1, -0.05) is 0 Å². The van der Waals surface area contributed by atoms with Gasteiger partial charge in [0.25, 0.3) is 0 Å². The molecule has 2 aromatic heterocycles. The summed E-state index contributed by atoms with van der Waals surface area (Å²) >= 11 is 0. The van der Waals surface area contributed by atoms with E-state index in [1.165, 1.54) is 0 Å². The Balaban J connectivity index is 1.67. The van der Waals surface area contributed by atoms with Crippen LogP contribution in [0.1, 0.15) is 12.2 Å². The molecule has 0 saturated carbocycles. The molecule has 1 aliphatic heterocycles. The van der Waals surface area contributed by atoms with Gasteiger partial charge in [0.15, 0.2) is 9.84 Å². The second-order valence-corrected chi connectivity index (χ2v) is 6.79. The highest BCUT2D eigenvalue weighted by Crippen LogP contribution is 2.13. The molecule has 1 unspecified atom stereocenters. The number of pyridine rings is 1. The molecule has 0 radical (unpaired) electrons. The maximum Gasteiger partial charge on any atom is 0.151 e. The molecule has 2 N–H and O–H groups in total. The number of nitrogens with one attached hydrogen (secondary N) is 2. The van der Waals surface area contributed by atoms with Crippen LogP contribution in [0.4, 0.5) is 0 Å². The maximum atomic E-state index is 11.3. The van der Waals surface area contributed by atoms with Gasteiger partial charge in [-0.2, -0.15) is 0 Å². The molecule has 0 amide bonds. The van der Waals surface area contributed by atoms with Crippen molar-refractivity contribution in [2.45, 2.75) is 19.0 Å². The van der Waals surface area contributed by atoms with E-state index >= 15 is 0 Å². The van der Waals surface area contributed by atoms with Crippen LogP contribution in [0.2, 0.25) is 0 Å². The van der Waals surface area contributed by atoms with Crippen molar-refractivity contribution in [3.05, 3.63) is 24.3 Å². The van der Waals surface area contributed by atoms with Gasteiger partial charge < -0.3 is 10.3 Å². The number of imidazole rings is 1. The summed E-state index contributed by atoms with van der Waals surface area (Å²) in [7, 11) is -2.83. The molecule has 2 aromatic rings. The zero-order valence-corrected chi connectivity index (χ0v) is 10.6. The smallest absolute Gasteiger partial charge is 0.151 e. The van der Waals surface area contributed by atoms with Crippen LogP contribution < -0.4 is 5.32 Å². The Morgan fingerprint density at radius 1 is 1.50 bits per heavy atom. The Hall–Kier alpha value is -1.47. The van der Waals surface area contributed by atoms with Gasteiger partial charge in [-0.3, -0.25) is 4.98 Å². The van der Waals surface area contributed by atoms with Crippen LogP contribution in [0.5, 0.6) is 0 Å².